The molecule has 4 nitrogen and oxygen atoms in total. The van der Waals surface area contributed by atoms with Gasteiger partial charge in [0.15, 0.2) is 0 Å². The van der Waals surface area contributed by atoms with Crippen LogP contribution in [0.5, 0.6) is 0 Å². The van der Waals surface area contributed by atoms with Crippen molar-refractivity contribution < 1.29 is 4.79 Å². The summed E-state index contributed by atoms with van der Waals surface area (Å²) in [4.78, 5) is 12.8. The zero-order valence-electron chi connectivity index (χ0n) is 9.64. The second kappa shape index (κ2) is 5.46. The van der Waals surface area contributed by atoms with Gasteiger partial charge in [0.25, 0.3) is 0 Å². The molecule has 1 heterocycles. The minimum atomic E-state index is -0.0712. The lowest BCUT2D eigenvalue weighted by atomic mass is 10.1. The first kappa shape index (κ1) is 12.3. The van der Waals surface area contributed by atoms with Gasteiger partial charge in [-0.1, -0.05) is 6.07 Å². The van der Waals surface area contributed by atoms with Crippen LogP contribution in [0.25, 0.3) is 0 Å². The molecule has 0 aliphatic heterocycles. The highest BCUT2D eigenvalue weighted by Gasteiger charge is 2.06. The van der Waals surface area contributed by atoms with Crippen LogP contribution in [0, 0.1) is 5.41 Å². The second-order valence-corrected chi connectivity index (χ2v) is 4.82. The molecule has 1 aromatic carbocycles. The molecule has 0 unspecified atom stereocenters. The molecule has 0 fully saturated rings. The fraction of sp³-hybridized carbons (Fsp3) is 0.0769. The number of hydrogen-bond donors (Lipinski definition) is 3. The van der Waals surface area contributed by atoms with Gasteiger partial charge in [0.05, 0.1) is 6.42 Å². The molecule has 0 saturated carbocycles. The summed E-state index contributed by atoms with van der Waals surface area (Å²) >= 11 is 1.55. The molecule has 0 spiro atoms. The van der Waals surface area contributed by atoms with Gasteiger partial charge in [-0.2, -0.15) is 0 Å². The van der Waals surface area contributed by atoms with Gasteiger partial charge in [-0.3, -0.25) is 4.79 Å². The van der Waals surface area contributed by atoms with E-state index >= 15 is 0 Å². The van der Waals surface area contributed by atoms with Gasteiger partial charge in [-0.15, -0.1) is 11.3 Å². The van der Waals surface area contributed by atoms with Gasteiger partial charge in [-0.05, 0) is 29.6 Å². The number of carbonyl (C=O) groups excluding carboxylic acids is 1. The Balaban J connectivity index is 2.05. The summed E-state index contributed by atoms with van der Waals surface area (Å²) in [6.45, 7) is 0. The summed E-state index contributed by atoms with van der Waals surface area (Å²) in [5.41, 5.74) is 7.46. The zero-order valence-corrected chi connectivity index (χ0v) is 10.5. The van der Waals surface area contributed by atoms with Gasteiger partial charge in [-0.25, -0.2) is 0 Å². The first-order valence-electron chi connectivity index (χ1n) is 5.41. The van der Waals surface area contributed by atoms with E-state index in [-0.39, 0.29) is 5.91 Å². The number of thiophene rings is 1. The quantitative estimate of drug-likeness (QED) is 0.582. The Bertz CT molecular complexity index is 564. The summed E-state index contributed by atoms with van der Waals surface area (Å²) < 4.78 is 0. The molecule has 0 aliphatic carbocycles. The molecule has 4 N–H and O–H groups in total. The summed E-state index contributed by atoms with van der Waals surface area (Å²) in [5.74, 6) is -0.0712. The van der Waals surface area contributed by atoms with E-state index < -0.39 is 0 Å². The Morgan fingerprint density at radius 1 is 1.44 bits per heavy atom. The molecule has 1 amide bonds. The number of nitrogens with one attached hydrogen (secondary N) is 2. The first-order valence-corrected chi connectivity index (χ1v) is 6.29. The number of hydrogen-bond acceptors (Lipinski definition) is 4. The standard InChI is InChI=1S/C13H13N3OS/c14-8-9-6-10(3-4-12(9)15)16-13(17)7-11-2-1-5-18-11/h1-6,8,14H,7,15H2,(H,16,17). The third kappa shape index (κ3) is 2.95. The van der Waals surface area contributed by atoms with E-state index in [1.807, 2.05) is 17.5 Å². The van der Waals surface area contributed by atoms with E-state index in [0.717, 1.165) is 4.88 Å². The molecule has 0 saturated heterocycles. The molecule has 18 heavy (non-hydrogen) atoms. The molecule has 92 valence electrons. The van der Waals surface area contributed by atoms with Crippen molar-refractivity contribution in [1.82, 2.24) is 0 Å². The molecular formula is C13H13N3OS. The number of nitrogen functional groups attached to an aromatic ring is 1. The number of carbonyl (C=O) groups is 1. The summed E-state index contributed by atoms with van der Waals surface area (Å²) in [7, 11) is 0. The third-order valence-electron chi connectivity index (χ3n) is 2.44. The lowest BCUT2D eigenvalue weighted by molar-refractivity contribution is -0.115. The number of anilines is 2. The van der Waals surface area contributed by atoms with Crippen LogP contribution < -0.4 is 11.1 Å². The lowest BCUT2D eigenvalue weighted by Gasteiger charge is -2.06. The molecule has 0 aliphatic rings. The molecular weight excluding hydrogens is 246 g/mol. The van der Waals surface area contributed by atoms with Crippen molar-refractivity contribution in [3.8, 4) is 0 Å². The topological polar surface area (TPSA) is 79.0 Å². The predicted molar refractivity (Wildman–Crippen MR) is 75.4 cm³/mol. The van der Waals surface area contributed by atoms with Crippen LogP contribution in [-0.2, 0) is 11.2 Å². The number of rotatable bonds is 4. The molecule has 5 heteroatoms. The van der Waals surface area contributed by atoms with E-state index in [1.54, 1.807) is 29.5 Å². The summed E-state index contributed by atoms with van der Waals surface area (Å²) in [6.07, 6.45) is 1.53. The molecule has 0 radical (unpaired) electrons. The van der Waals surface area contributed by atoms with Gasteiger partial charge in [0, 0.05) is 28.0 Å². The Labute approximate surface area is 109 Å². The molecule has 1 aromatic heterocycles. The predicted octanol–water partition coefficient (Wildman–Crippen LogP) is 2.51. The van der Waals surface area contributed by atoms with E-state index in [1.165, 1.54) is 6.21 Å². The van der Waals surface area contributed by atoms with Crippen molar-refractivity contribution in [2.45, 2.75) is 6.42 Å². The lowest BCUT2D eigenvalue weighted by Crippen LogP contribution is -2.14. The van der Waals surface area contributed by atoms with E-state index in [0.29, 0.717) is 23.4 Å². The third-order valence-corrected chi connectivity index (χ3v) is 3.32. The number of benzene rings is 1. The Morgan fingerprint density at radius 3 is 2.94 bits per heavy atom. The summed E-state index contributed by atoms with van der Waals surface area (Å²) in [6, 6.07) is 8.95. The van der Waals surface area contributed by atoms with Crippen molar-refractivity contribution in [3.05, 3.63) is 46.2 Å². The van der Waals surface area contributed by atoms with Crippen molar-refractivity contribution in [2.24, 2.45) is 0 Å². The largest absolute Gasteiger partial charge is 0.398 e. The maximum Gasteiger partial charge on any atom is 0.229 e. The van der Waals surface area contributed by atoms with Crippen LogP contribution in [-0.4, -0.2) is 12.1 Å². The minimum absolute atomic E-state index is 0.0712. The van der Waals surface area contributed by atoms with Crippen LogP contribution in [0.1, 0.15) is 10.4 Å². The molecule has 2 rings (SSSR count). The van der Waals surface area contributed by atoms with Gasteiger partial charge < -0.3 is 16.5 Å². The highest BCUT2D eigenvalue weighted by Crippen LogP contribution is 2.17. The normalized spacial score (nSPS) is 10.0. The monoisotopic (exact) mass is 259 g/mol. The smallest absolute Gasteiger partial charge is 0.229 e. The molecule has 2 aromatic rings. The fourth-order valence-electron chi connectivity index (χ4n) is 1.55. The van der Waals surface area contributed by atoms with Gasteiger partial charge in [0.2, 0.25) is 5.91 Å². The van der Waals surface area contributed by atoms with Crippen LogP contribution in [0.15, 0.2) is 35.7 Å². The molecule has 0 bridgehead atoms. The minimum Gasteiger partial charge on any atom is -0.398 e. The summed E-state index contributed by atoms with van der Waals surface area (Å²) in [5, 5.41) is 11.9. The van der Waals surface area contributed by atoms with Crippen molar-refractivity contribution in [3.63, 3.8) is 0 Å². The maximum absolute atomic E-state index is 11.8. The SMILES string of the molecule is N=Cc1cc(NC(=O)Cc2cccs2)ccc1N. The first-order chi connectivity index (χ1) is 8.69. The average Bonchev–Trinajstić information content (AvgIpc) is 2.84. The number of amides is 1. The second-order valence-electron chi connectivity index (χ2n) is 3.79. The van der Waals surface area contributed by atoms with E-state index in [4.69, 9.17) is 11.1 Å². The zero-order chi connectivity index (χ0) is 13.0. The van der Waals surface area contributed by atoms with Crippen molar-refractivity contribution in [1.29, 1.82) is 5.41 Å². The van der Waals surface area contributed by atoms with Crippen LogP contribution >= 0.6 is 11.3 Å². The van der Waals surface area contributed by atoms with Crippen molar-refractivity contribution >= 4 is 34.8 Å². The van der Waals surface area contributed by atoms with E-state index in [9.17, 15) is 4.79 Å². The van der Waals surface area contributed by atoms with Crippen LogP contribution in [0.4, 0.5) is 11.4 Å². The molecule has 0 atom stereocenters. The fourth-order valence-corrected chi connectivity index (χ4v) is 2.26. The van der Waals surface area contributed by atoms with Gasteiger partial charge >= 0.3 is 0 Å². The highest BCUT2D eigenvalue weighted by molar-refractivity contribution is 7.10. The van der Waals surface area contributed by atoms with Crippen molar-refractivity contribution in [2.75, 3.05) is 11.1 Å². The Morgan fingerprint density at radius 2 is 2.28 bits per heavy atom. The maximum atomic E-state index is 11.8. The average molecular weight is 259 g/mol. The number of nitrogens with two attached hydrogens (primary N) is 1. The Hall–Kier alpha value is -2.14. The highest BCUT2D eigenvalue weighted by atomic mass is 32.1. The van der Waals surface area contributed by atoms with Crippen LogP contribution in [0.3, 0.4) is 0 Å². The van der Waals surface area contributed by atoms with Gasteiger partial charge in [0.1, 0.15) is 0 Å². The van der Waals surface area contributed by atoms with Crippen LogP contribution in [0.2, 0.25) is 0 Å². The Kier molecular flexibility index (Phi) is 3.74. The van der Waals surface area contributed by atoms with E-state index in [2.05, 4.69) is 5.32 Å².